The van der Waals surface area contributed by atoms with Gasteiger partial charge in [0.25, 0.3) is 0 Å². The molecule has 0 saturated carbocycles. The van der Waals surface area contributed by atoms with E-state index in [1.54, 1.807) is 18.2 Å². The van der Waals surface area contributed by atoms with Gasteiger partial charge in [-0.3, -0.25) is 4.79 Å². The highest BCUT2D eigenvalue weighted by molar-refractivity contribution is 7.99. The van der Waals surface area contributed by atoms with Crippen LogP contribution in [0.5, 0.6) is 5.75 Å². The fraction of sp³-hybridized carbons (Fsp3) is 0.167. The Morgan fingerprint density at radius 3 is 2.48 bits per heavy atom. The Labute approximate surface area is 149 Å². The Balaban J connectivity index is 1.92. The first-order valence-electron chi connectivity index (χ1n) is 7.75. The summed E-state index contributed by atoms with van der Waals surface area (Å²) in [5.41, 5.74) is 1.74. The summed E-state index contributed by atoms with van der Waals surface area (Å²) in [5, 5.41) is 27.9. The normalized spacial score (nSPS) is 10.7. The highest BCUT2D eigenvalue weighted by Gasteiger charge is 2.17. The SMILES string of the molecule is O=C(O)CSc1nnc(-c2ccccc2O)n1CCc1ccccc1. The zero-order valence-electron chi connectivity index (χ0n) is 13.4. The minimum atomic E-state index is -0.910. The van der Waals surface area contributed by atoms with Crippen molar-refractivity contribution in [3.05, 3.63) is 60.2 Å². The number of carbonyl (C=O) groups is 1. The second-order valence-electron chi connectivity index (χ2n) is 5.39. The summed E-state index contributed by atoms with van der Waals surface area (Å²) < 4.78 is 1.86. The molecule has 0 saturated heterocycles. The molecule has 7 heteroatoms. The summed E-state index contributed by atoms with van der Waals surface area (Å²) in [5.74, 6) is -0.358. The molecule has 0 amide bonds. The molecule has 0 aliphatic carbocycles. The number of carboxylic acids is 1. The van der Waals surface area contributed by atoms with Crippen molar-refractivity contribution >= 4 is 17.7 Å². The van der Waals surface area contributed by atoms with Gasteiger partial charge in [0, 0.05) is 6.54 Å². The maximum atomic E-state index is 10.9. The number of aryl methyl sites for hydroxylation is 1. The molecule has 6 nitrogen and oxygen atoms in total. The summed E-state index contributed by atoms with van der Waals surface area (Å²) in [7, 11) is 0. The number of thioether (sulfide) groups is 1. The van der Waals surface area contributed by atoms with Crippen molar-refractivity contribution in [1.29, 1.82) is 0 Å². The predicted octanol–water partition coefficient (Wildman–Crippen LogP) is 3.07. The molecule has 0 bridgehead atoms. The van der Waals surface area contributed by atoms with Crippen LogP contribution >= 0.6 is 11.8 Å². The zero-order chi connectivity index (χ0) is 17.6. The molecular weight excluding hydrogens is 338 g/mol. The Morgan fingerprint density at radius 2 is 1.76 bits per heavy atom. The average molecular weight is 355 g/mol. The Morgan fingerprint density at radius 1 is 1.04 bits per heavy atom. The first-order chi connectivity index (χ1) is 12.1. The fourth-order valence-electron chi connectivity index (χ4n) is 2.47. The van der Waals surface area contributed by atoms with Crippen molar-refractivity contribution in [2.45, 2.75) is 18.1 Å². The van der Waals surface area contributed by atoms with Crippen LogP contribution in [0.15, 0.2) is 59.8 Å². The van der Waals surface area contributed by atoms with E-state index in [1.165, 1.54) is 0 Å². The molecule has 2 aromatic carbocycles. The van der Waals surface area contributed by atoms with E-state index in [-0.39, 0.29) is 11.5 Å². The lowest BCUT2D eigenvalue weighted by atomic mass is 10.1. The third-order valence-electron chi connectivity index (χ3n) is 3.65. The van der Waals surface area contributed by atoms with Gasteiger partial charge < -0.3 is 14.8 Å². The largest absolute Gasteiger partial charge is 0.507 e. The number of aromatic hydroxyl groups is 1. The first-order valence-corrected chi connectivity index (χ1v) is 8.74. The van der Waals surface area contributed by atoms with Gasteiger partial charge in [-0.1, -0.05) is 54.2 Å². The van der Waals surface area contributed by atoms with E-state index in [0.29, 0.717) is 23.1 Å². The van der Waals surface area contributed by atoms with Crippen molar-refractivity contribution in [1.82, 2.24) is 14.8 Å². The molecule has 3 aromatic rings. The van der Waals surface area contributed by atoms with Crippen LogP contribution in [0, 0.1) is 0 Å². The van der Waals surface area contributed by atoms with Gasteiger partial charge >= 0.3 is 5.97 Å². The van der Waals surface area contributed by atoms with Gasteiger partial charge in [-0.25, -0.2) is 0 Å². The van der Waals surface area contributed by atoms with E-state index in [0.717, 1.165) is 23.7 Å². The topological polar surface area (TPSA) is 88.2 Å². The standard InChI is InChI=1S/C18H17N3O3S/c22-15-9-5-4-8-14(15)17-19-20-18(25-12-16(23)24)21(17)11-10-13-6-2-1-3-7-13/h1-9,22H,10-12H2,(H,23,24). The van der Waals surface area contributed by atoms with Crippen molar-refractivity contribution in [3.8, 4) is 17.1 Å². The summed E-state index contributed by atoms with van der Waals surface area (Å²) in [6.45, 7) is 0.586. The molecule has 0 unspecified atom stereocenters. The van der Waals surface area contributed by atoms with Gasteiger partial charge in [0.2, 0.25) is 0 Å². The molecule has 3 rings (SSSR count). The molecule has 0 fully saturated rings. The lowest BCUT2D eigenvalue weighted by Crippen LogP contribution is -2.07. The van der Waals surface area contributed by atoms with Crippen molar-refractivity contribution in [3.63, 3.8) is 0 Å². The van der Waals surface area contributed by atoms with Gasteiger partial charge in [0.05, 0.1) is 11.3 Å². The number of hydrogen-bond donors (Lipinski definition) is 2. The molecular formula is C18H17N3O3S. The summed E-state index contributed by atoms with van der Waals surface area (Å²) >= 11 is 1.12. The van der Waals surface area contributed by atoms with Crippen LogP contribution in [0.25, 0.3) is 11.4 Å². The van der Waals surface area contributed by atoms with Gasteiger partial charge in [-0.05, 0) is 24.1 Å². The minimum Gasteiger partial charge on any atom is -0.507 e. The predicted molar refractivity (Wildman–Crippen MR) is 95.6 cm³/mol. The van der Waals surface area contributed by atoms with Crippen molar-refractivity contribution in [2.75, 3.05) is 5.75 Å². The Hall–Kier alpha value is -2.80. The highest BCUT2D eigenvalue weighted by Crippen LogP contribution is 2.30. The molecule has 1 aromatic heterocycles. The van der Waals surface area contributed by atoms with Gasteiger partial charge in [-0.15, -0.1) is 10.2 Å². The average Bonchev–Trinajstić information content (AvgIpc) is 3.02. The van der Waals surface area contributed by atoms with Crippen molar-refractivity contribution in [2.24, 2.45) is 0 Å². The van der Waals surface area contributed by atoms with Crippen LogP contribution in [0.2, 0.25) is 0 Å². The van der Waals surface area contributed by atoms with E-state index in [4.69, 9.17) is 5.11 Å². The van der Waals surface area contributed by atoms with Crippen LogP contribution in [0.3, 0.4) is 0 Å². The van der Waals surface area contributed by atoms with Gasteiger partial charge in [0.1, 0.15) is 5.75 Å². The molecule has 0 atom stereocenters. The zero-order valence-corrected chi connectivity index (χ0v) is 14.2. The first kappa shape index (κ1) is 17.0. The highest BCUT2D eigenvalue weighted by atomic mass is 32.2. The van der Waals surface area contributed by atoms with E-state index in [1.807, 2.05) is 41.0 Å². The molecule has 0 radical (unpaired) electrons. The molecule has 0 aliphatic rings. The maximum absolute atomic E-state index is 10.9. The van der Waals surface area contributed by atoms with Crippen LogP contribution in [0.1, 0.15) is 5.56 Å². The molecule has 25 heavy (non-hydrogen) atoms. The number of aromatic nitrogens is 3. The quantitative estimate of drug-likeness (QED) is 0.633. The number of para-hydroxylation sites is 1. The number of hydrogen-bond acceptors (Lipinski definition) is 5. The number of carboxylic acid groups (broad SMARTS) is 1. The van der Waals surface area contributed by atoms with E-state index in [2.05, 4.69) is 10.2 Å². The minimum absolute atomic E-state index is 0.0930. The fourth-order valence-corrected chi connectivity index (χ4v) is 3.16. The van der Waals surface area contributed by atoms with Gasteiger partial charge in [0.15, 0.2) is 11.0 Å². The van der Waals surface area contributed by atoms with Crippen molar-refractivity contribution < 1.29 is 15.0 Å². The number of phenolic OH excluding ortho intramolecular Hbond substituents is 1. The van der Waals surface area contributed by atoms with Crippen LogP contribution in [0.4, 0.5) is 0 Å². The number of nitrogens with zero attached hydrogens (tertiary/aromatic N) is 3. The summed E-state index contributed by atoms with van der Waals surface area (Å²) in [4.78, 5) is 10.9. The van der Waals surface area contributed by atoms with Crippen LogP contribution < -0.4 is 0 Å². The number of aliphatic carboxylic acids is 1. The Bertz CT molecular complexity index is 865. The lowest BCUT2D eigenvalue weighted by molar-refractivity contribution is -0.133. The number of benzene rings is 2. The van der Waals surface area contributed by atoms with E-state index in [9.17, 15) is 9.90 Å². The lowest BCUT2D eigenvalue weighted by Gasteiger charge is -2.11. The second kappa shape index (κ2) is 7.85. The molecule has 1 heterocycles. The second-order valence-corrected chi connectivity index (χ2v) is 6.34. The summed E-state index contributed by atoms with van der Waals surface area (Å²) in [6.07, 6.45) is 0.750. The number of phenols is 1. The monoisotopic (exact) mass is 355 g/mol. The summed E-state index contributed by atoms with van der Waals surface area (Å²) in [6, 6.07) is 16.9. The Kier molecular flexibility index (Phi) is 5.35. The van der Waals surface area contributed by atoms with Gasteiger partial charge in [-0.2, -0.15) is 0 Å². The maximum Gasteiger partial charge on any atom is 0.313 e. The van der Waals surface area contributed by atoms with E-state index >= 15 is 0 Å². The smallest absolute Gasteiger partial charge is 0.313 e. The number of rotatable bonds is 7. The molecule has 128 valence electrons. The molecule has 2 N–H and O–H groups in total. The van der Waals surface area contributed by atoms with Crippen LogP contribution in [-0.4, -0.2) is 36.7 Å². The van der Waals surface area contributed by atoms with E-state index < -0.39 is 5.97 Å². The third-order valence-corrected chi connectivity index (χ3v) is 4.60. The van der Waals surface area contributed by atoms with Crippen LogP contribution in [-0.2, 0) is 17.8 Å². The molecule has 0 spiro atoms. The molecule has 0 aliphatic heterocycles. The third kappa shape index (κ3) is 4.19.